The molecule has 2 aromatic heterocycles. The van der Waals surface area contributed by atoms with Gasteiger partial charge in [-0.05, 0) is 18.6 Å². The number of aromatic amines is 1. The summed E-state index contributed by atoms with van der Waals surface area (Å²) in [6.07, 6.45) is 3.80. The number of aliphatic hydroxyl groups excluding tert-OH is 1. The molecule has 27 heavy (non-hydrogen) atoms. The maximum Gasteiger partial charge on any atom is 0.289 e. The minimum atomic E-state index is -0.313. The van der Waals surface area contributed by atoms with Crippen molar-refractivity contribution >= 4 is 22.8 Å². The Balaban J connectivity index is 1.31. The number of nitrogens with zero attached hydrogens (tertiary/aromatic N) is 5. The van der Waals surface area contributed by atoms with E-state index in [1.807, 2.05) is 24.3 Å². The summed E-state index contributed by atoms with van der Waals surface area (Å²) in [6, 6.07) is 7.62. The van der Waals surface area contributed by atoms with Crippen LogP contribution < -0.4 is 4.90 Å². The highest BCUT2D eigenvalue weighted by molar-refractivity contribution is 5.94. The number of likely N-dealkylation sites (tertiary alicyclic amines) is 1. The van der Waals surface area contributed by atoms with Crippen molar-refractivity contribution in [3.8, 4) is 0 Å². The first-order valence-electron chi connectivity index (χ1n) is 9.17. The number of β-amino-alcohol motifs (C(OH)–C–C–N with tert-alkyl or cyclic N) is 1. The lowest BCUT2D eigenvalue weighted by Gasteiger charge is -2.39. The minimum Gasteiger partial charge on any atom is -0.391 e. The summed E-state index contributed by atoms with van der Waals surface area (Å²) in [5, 5.41) is 9.81. The van der Waals surface area contributed by atoms with Gasteiger partial charge in [-0.25, -0.2) is 9.97 Å². The summed E-state index contributed by atoms with van der Waals surface area (Å²) < 4.78 is 0. The molecular formula is C19H20N6O2. The van der Waals surface area contributed by atoms with Crippen LogP contribution in [0.15, 0.2) is 36.7 Å². The van der Waals surface area contributed by atoms with Crippen molar-refractivity contribution < 1.29 is 9.90 Å². The standard InChI is InChI=1S/C19H20N6O2/c26-13-5-8-24(11-13)18-16(20-6-7-21-18)12-9-25(10-12)19(27)17-22-14-3-1-2-4-15(14)23-17/h1-4,6-7,12-13,26H,5,8-11H2,(H,22,23)/t13-/m1/s1. The molecule has 5 rings (SSSR count). The molecule has 0 saturated carbocycles. The van der Waals surface area contributed by atoms with Gasteiger partial charge < -0.3 is 19.9 Å². The lowest BCUT2D eigenvalue weighted by atomic mass is 9.95. The monoisotopic (exact) mass is 364 g/mol. The van der Waals surface area contributed by atoms with Gasteiger partial charge in [0.25, 0.3) is 5.91 Å². The molecule has 8 heteroatoms. The zero-order valence-electron chi connectivity index (χ0n) is 14.7. The van der Waals surface area contributed by atoms with Gasteiger partial charge >= 0.3 is 0 Å². The number of benzene rings is 1. The van der Waals surface area contributed by atoms with Gasteiger partial charge in [0.2, 0.25) is 0 Å². The van der Waals surface area contributed by atoms with Crippen molar-refractivity contribution in [2.75, 3.05) is 31.1 Å². The van der Waals surface area contributed by atoms with E-state index < -0.39 is 0 Å². The number of aliphatic hydroxyl groups is 1. The molecule has 0 spiro atoms. The summed E-state index contributed by atoms with van der Waals surface area (Å²) in [7, 11) is 0. The Bertz CT molecular complexity index is 964. The molecule has 8 nitrogen and oxygen atoms in total. The Morgan fingerprint density at radius 1 is 1.15 bits per heavy atom. The van der Waals surface area contributed by atoms with E-state index in [0.29, 0.717) is 25.5 Å². The van der Waals surface area contributed by atoms with E-state index in [9.17, 15) is 9.90 Å². The predicted molar refractivity (Wildman–Crippen MR) is 99.6 cm³/mol. The summed E-state index contributed by atoms with van der Waals surface area (Å²) in [4.78, 5) is 33.1. The highest BCUT2D eigenvalue weighted by Crippen LogP contribution is 2.33. The number of para-hydroxylation sites is 2. The van der Waals surface area contributed by atoms with E-state index >= 15 is 0 Å². The van der Waals surface area contributed by atoms with Crippen molar-refractivity contribution in [2.24, 2.45) is 0 Å². The molecule has 1 aromatic carbocycles. The summed E-state index contributed by atoms with van der Waals surface area (Å²) in [5.74, 6) is 1.26. The van der Waals surface area contributed by atoms with Crippen LogP contribution in [-0.4, -0.2) is 68.1 Å². The number of H-pyrrole nitrogens is 1. The number of nitrogens with one attached hydrogen (secondary N) is 1. The smallest absolute Gasteiger partial charge is 0.289 e. The fourth-order valence-electron chi connectivity index (χ4n) is 3.83. The SMILES string of the molecule is O=C(c1nc2ccccc2[nH]1)N1CC(c2nccnc2N2CC[C@@H](O)C2)C1. The third-order valence-electron chi connectivity index (χ3n) is 5.32. The lowest BCUT2D eigenvalue weighted by molar-refractivity contribution is 0.0587. The van der Waals surface area contributed by atoms with Gasteiger partial charge in [-0.1, -0.05) is 12.1 Å². The van der Waals surface area contributed by atoms with Gasteiger partial charge in [-0.3, -0.25) is 9.78 Å². The fraction of sp³-hybridized carbons (Fsp3) is 0.368. The largest absolute Gasteiger partial charge is 0.391 e. The number of rotatable bonds is 3. The molecule has 2 aliphatic rings. The first kappa shape index (κ1) is 16.2. The number of carbonyl (C=O) groups is 1. The number of hydrogen-bond donors (Lipinski definition) is 2. The molecule has 2 N–H and O–H groups in total. The van der Waals surface area contributed by atoms with E-state index in [1.54, 1.807) is 17.3 Å². The highest BCUT2D eigenvalue weighted by atomic mass is 16.3. The van der Waals surface area contributed by atoms with Crippen LogP contribution in [0.5, 0.6) is 0 Å². The number of carbonyl (C=O) groups excluding carboxylic acids is 1. The average Bonchev–Trinajstić information content (AvgIpc) is 3.27. The number of hydrogen-bond acceptors (Lipinski definition) is 6. The van der Waals surface area contributed by atoms with Gasteiger partial charge in [0, 0.05) is 44.5 Å². The molecule has 138 valence electrons. The van der Waals surface area contributed by atoms with E-state index in [0.717, 1.165) is 35.5 Å². The van der Waals surface area contributed by atoms with Crippen molar-refractivity contribution in [1.82, 2.24) is 24.8 Å². The molecule has 1 atom stereocenters. The first-order chi connectivity index (χ1) is 13.2. The minimum absolute atomic E-state index is 0.0931. The Morgan fingerprint density at radius 2 is 1.96 bits per heavy atom. The molecule has 2 saturated heterocycles. The zero-order chi connectivity index (χ0) is 18.4. The second-order valence-corrected chi connectivity index (χ2v) is 7.16. The van der Waals surface area contributed by atoms with Crippen LogP contribution in [0, 0.1) is 0 Å². The second-order valence-electron chi connectivity index (χ2n) is 7.16. The van der Waals surface area contributed by atoms with Gasteiger partial charge in [0.1, 0.15) is 0 Å². The Labute approximate surface area is 155 Å². The van der Waals surface area contributed by atoms with Gasteiger partial charge in [0.05, 0.1) is 22.8 Å². The van der Waals surface area contributed by atoms with Crippen LogP contribution in [0.25, 0.3) is 11.0 Å². The van der Waals surface area contributed by atoms with Crippen molar-refractivity contribution in [3.05, 3.63) is 48.2 Å². The maximum absolute atomic E-state index is 12.7. The van der Waals surface area contributed by atoms with Crippen LogP contribution >= 0.6 is 0 Å². The van der Waals surface area contributed by atoms with Crippen molar-refractivity contribution in [3.63, 3.8) is 0 Å². The summed E-state index contributed by atoms with van der Waals surface area (Å²) in [6.45, 7) is 2.55. The first-order valence-corrected chi connectivity index (χ1v) is 9.17. The lowest BCUT2D eigenvalue weighted by Crippen LogP contribution is -2.49. The number of amides is 1. The molecule has 2 fully saturated rings. The van der Waals surface area contributed by atoms with E-state index in [-0.39, 0.29) is 17.9 Å². The number of aromatic nitrogens is 4. The van der Waals surface area contributed by atoms with Crippen molar-refractivity contribution in [1.29, 1.82) is 0 Å². The van der Waals surface area contributed by atoms with Crippen LogP contribution in [-0.2, 0) is 0 Å². The molecule has 0 aliphatic carbocycles. The van der Waals surface area contributed by atoms with Crippen LogP contribution in [0.3, 0.4) is 0 Å². The Morgan fingerprint density at radius 3 is 2.74 bits per heavy atom. The molecule has 0 bridgehead atoms. The molecule has 4 heterocycles. The Hall–Kier alpha value is -3.00. The second kappa shape index (κ2) is 6.31. The predicted octanol–water partition coefficient (Wildman–Crippen LogP) is 1.16. The van der Waals surface area contributed by atoms with Crippen LogP contribution in [0.2, 0.25) is 0 Å². The van der Waals surface area contributed by atoms with Crippen molar-refractivity contribution in [2.45, 2.75) is 18.4 Å². The molecule has 2 aliphatic heterocycles. The van der Waals surface area contributed by atoms with Crippen LogP contribution in [0.4, 0.5) is 5.82 Å². The Kier molecular flexibility index (Phi) is 3.78. The normalized spacial score (nSPS) is 20.3. The molecule has 3 aromatic rings. The quantitative estimate of drug-likeness (QED) is 0.724. The number of anilines is 1. The third-order valence-corrected chi connectivity index (χ3v) is 5.32. The molecular weight excluding hydrogens is 344 g/mol. The molecule has 0 unspecified atom stereocenters. The van der Waals surface area contributed by atoms with Gasteiger partial charge in [-0.15, -0.1) is 0 Å². The van der Waals surface area contributed by atoms with Gasteiger partial charge in [-0.2, -0.15) is 0 Å². The third kappa shape index (κ3) is 2.82. The highest BCUT2D eigenvalue weighted by Gasteiger charge is 2.37. The topological polar surface area (TPSA) is 98.2 Å². The summed E-state index contributed by atoms with van der Waals surface area (Å²) in [5.41, 5.74) is 2.56. The van der Waals surface area contributed by atoms with E-state index in [1.165, 1.54) is 0 Å². The molecule has 1 amide bonds. The fourth-order valence-corrected chi connectivity index (χ4v) is 3.83. The van der Waals surface area contributed by atoms with E-state index in [4.69, 9.17) is 0 Å². The zero-order valence-corrected chi connectivity index (χ0v) is 14.7. The van der Waals surface area contributed by atoms with E-state index in [2.05, 4.69) is 24.8 Å². The maximum atomic E-state index is 12.7. The van der Waals surface area contributed by atoms with Crippen LogP contribution in [0.1, 0.15) is 28.7 Å². The summed E-state index contributed by atoms with van der Waals surface area (Å²) >= 11 is 0. The number of fused-ring (bicyclic) bond motifs is 1. The number of imidazole rings is 1. The average molecular weight is 364 g/mol. The molecule has 0 radical (unpaired) electrons. The van der Waals surface area contributed by atoms with Gasteiger partial charge in [0.15, 0.2) is 11.6 Å².